The summed E-state index contributed by atoms with van der Waals surface area (Å²) in [7, 11) is 0. The largest absolute Gasteiger partial charge is 0.322 e. The molecule has 1 fully saturated rings. The third kappa shape index (κ3) is 5.26. The summed E-state index contributed by atoms with van der Waals surface area (Å²) < 4.78 is 13.6. The number of benzene rings is 2. The Morgan fingerprint density at radius 2 is 1.76 bits per heavy atom. The van der Waals surface area contributed by atoms with Gasteiger partial charge in [-0.2, -0.15) is 0 Å². The third-order valence-corrected chi connectivity index (χ3v) is 4.51. The highest BCUT2D eigenvalue weighted by atomic mass is 35.5. The van der Waals surface area contributed by atoms with Gasteiger partial charge in [-0.3, -0.25) is 14.6 Å². The van der Waals surface area contributed by atoms with Gasteiger partial charge in [-0.05, 0) is 29.8 Å². The Labute approximate surface area is 152 Å². The van der Waals surface area contributed by atoms with Crippen LogP contribution in [0.1, 0.15) is 5.56 Å². The molecule has 6 heteroatoms. The predicted molar refractivity (Wildman–Crippen MR) is 98.2 cm³/mol. The molecule has 1 saturated heterocycles. The van der Waals surface area contributed by atoms with Crippen molar-refractivity contribution >= 4 is 23.2 Å². The fourth-order valence-electron chi connectivity index (χ4n) is 2.95. The quantitative estimate of drug-likeness (QED) is 0.888. The first-order valence-corrected chi connectivity index (χ1v) is 8.71. The van der Waals surface area contributed by atoms with E-state index in [1.54, 1.807) is 18.2 Å². The molecule has 132 valence electrons. The Hall–Kier alpha value is -1.95. The van der Waals surface area contributed by atoms with Crippen LogP contribution in [0.2, 0.25) is 5.02 Å². The highest BCUT2D eigenvalue weighted by Gasteiger charge is 2.19. The Morgan fingerprint density at radius 1 is 1.04 bits per heavy atom. The zero-order valence-electron chi connectivity index (χ0n) is 13.9. The average Bonchev–Trinajstić information content (AvgIpc) is 2.59. The number of anilines is 1. The molecule has 1 N–H and O–H groups in total. The van der Waals surface area contributed by atoms with Crippen molar-refractivity contribution in [2.45, 2.75) is 6.54 Å². The van der Waals surface area contributed by atoms with Gasteiger partial charge in [0.2, 0.25) is 5.91 Å². The summed E-state index contributed by atoms with van der Waals surface area (Å²) >= 11 is 6.02. The van der Waals surface area contributed by atoms with Crippen LogP contribution >= 0.6 is 11.6 Å². The monoisotopic (exact) mass is 361 g/mol. The lowest BCUT2D eigenvalue weighted by Crippen LogP contribution is -2.48. The lowest BCUT2D eigenvalue weighted by Gasteiger charge is -2.34. The van der Waals surface area contributed by atoms with Gasteiger partial charge in [0.05, 0.1) is 12.2 Å². The van der Waals surface area contributed by atoms with Crippen LogP contribution in [0.25, 0.3) is 0 Å². The maximum atomic E-state index is 13.6. The van der Waals surface area contributed by atoms with Gasteiger partial charge < -0.3 is 5.32 Å². The molecule has 4 nitrogen and oxygen atoms in total. The number of hydrogen-bond donors (Lipinski definition) is 1. The molecular formula is C19H21ClFN3O. The van der Waals surface area contributed by atoms with Crippen LogP contribution in [0, 0.1) is 5.82 Å². The summed E-state index contributed by atoms with van der Waals surface area (Å²) in [4.78, 5) is 16.5. The molecule has 1 aliphatic rings. The standard InChI is InChI=1S/C19H21ClFN3O/c20-16-5-3-4-15(12-16)13-23-8-10-24(11-9-23)14-19(25)22-18-7-2-1-6-17(18)21/h1-7,12H,8-11,13-14H2,(H,22,25). The van der Waals surface area contributed by atoms with Gasteiger partial charge in [-0.1, -0.05) is 35.9 Å². The smallest absolute Gasteiger partial charge is 0.238 e. The van der Waals surface area contributed by atoms with E-state index in [9.17, 15) is 9.18 Å². The van der Waals surface area contributed by atoms with Crippen LogP contribution < -0.4 is 5.32 Å². The van der Waals surface area contributed by atoms with Gasteiger partial charge in [-0.15, -0.1) is 0 Å². The molecule has 3 rings (SSSR count). The third-order valence-electron chi connectivity index (χ3n) is 4.28. The van der Waals surface area contributed by atoms with Crippen molar-refractivity contribution in [1.29, 1.82) is 0 Å². The van der Waals surface area contributed by atoms with E-state index in [-0.39, 0.29) is 18.1 Å². The van der Waals surface area contributed by atoms with E-state index in [4.69, 9.17) is 11.6 Å². The molecule has 1 amide bonds. The first-order chi connectivity index (χ1) is 12.1. The predicted octanol–water partition coefficient (Wildman–Crippen LogP) is 3.24. The highest BCUT2D eigenvalue weighted by Crippen LogP contribution is 2.15. The number of piperazine rings is 1. The van der Waals surface area contributed by atoms with Crippen LogP contribution in [-0.4, -0.2) is 48.4 Å². The van der Waals surface area contributed by atoms with E-state index in [1.165, 1.54) is 11.6 Å². The van der Waals surface area contributed by atoms with E-state index in [0.29, 0.717) is 0 Å². The minimum absolute atomic E-state index is 0.187. The van der Waals surface area contributed by atoms with Crippen molar-refractivity contribution in [2.24, 2.45) is 0 Å². The molecule has 0 aromatic heterocycles. The summed E-state index contributed by atoms with van der Waals surface area (Å²) in [5.41, 5.74) is 1.42. The summed E-state index contributed by atoms with van der Waals surface area (Å²) in [5, 5.41) is 3.38. The highest BCUT2D eigenvalue weighted by molar-refractivity contribution is 6.30. The lowest BCUT2D eigenvalue weighted by atomic mass is 10.2. The SMILES string of the molecule is O=C(CN1CCN(Cc2cccc(Cl)c2)CC1)Nc1ccccc1F. The molecule has 0 spiro atoms. The van der Waals surface area contributed by atoms with Crippen LogP contribution in [0.15, 0.2) is 48.5 Å². The summed E-state index contributed by atoms with van der Waals surface area (Å²) in [6, 6.07) is 14.1. The molecular weight excluding hydrogens is 341 g/mol. The van der Waals surface area contributed by atoms with E-state index in [0.717, 1.165) is 37.7 Å². The minimum atomic E-state index is -0.415. The van der Waals surface area contributed by atoms with Crippen molar-refractivity contribution < 1.29 is 9.18 Å². The molecule has 2 aromatic rings. The maximum Gasteiger partial charge on any atom is 0.238 e. The van der Waals surface area contributed by atoms with E-state index in [2.05, 4.69) is 21.2 Å². The summed E-state index contributed by atoms with van der Waals surface area (Å²) in [6.45, 7) is 4.53. The van der Waals surface area contributed by atoms with Gasteiger partial charge in [0, 0.05) is 37.7 Å². The first-order valence-electron chi connectivity index (χ1n) is 8.34. The number of nitrogens with one attached hydrogen (secondary N) is 1. The van der Waals surface area contributed by atoms with Crippen LogP contribution in [0.4, 0.5) is 10.1 Å². The Bertz CT molecular complexity index is 732. The number of halogens is 2. The number of para-hydroxylation sites is 1. The zero-order chi connectivity index (χ0) is 17.6. The molecule has 0 saturated carbocycles. The summed E-state index contributed by atoms with van der Waals surface area (Å²) in [6.07, 6.45) is 0. The fraction of sp³-hybridized carbons (Fsp3) is 0.316. The van der Waals surface area contributed by atoms with Crippen LogP contribution in [-0.2, 0) is 11.3 Å². The Balaban J connectivity index is 1.44. The molecule has 1 aliphatic heterocycles. The molecule has 25 heavy (non-hydrogen) atoms. The summed E-state index contributed by atoms with van der Waals surface area (Å²) in [5.74, 6) is -0.601. The Kier molecular flexibility index (Phi) is 6.02. The van der Waals surface area contributed by atoms with Gasteiger partial charge in [0.1, 0.15) is 5.82 Å². The fourth-order valence-corrected chi connectivity index (χ4v) is 3.17. The van der Waals surface area contributed by atoms with Crippen LogP contribution in [0.3, 0.4) is 0 Å². The van der Waals surface area contributed by atoms with Crippen molar-refractivity contribution in [3.05, 3.63) is 64.9 Å². The van der Waals surface area contributed by atoms with Gasteiger partial charge in [0.25, 0.3) is 0 Å². The normalized spacial score (nSPS) is 15.9. The van der Waals surface area contributed by atoms with Crippen molar-refractivity contribution in [3.63, 3.8) is 0 Å². The second kappa shape index (κ2) is 8.43. The Morgan fingerprint density at radius 3 is 2.48 bits per heavy atom. The van der Waals surface area contributed by atoms with Gasteiger partial charge >= 0.3 is 0 Å². The molecule has 0 atom stereocenters. The number of carbonyl (C=O) groups is 1. The number of rotatable bonds is 5. The lowest BCUT2D eigenvalue weighted by molar-refractivity contribution is -0.117. The van der Waals surface area contributed by atoms with Gasteiger partial charge in [-0.25, -0.2) is 4.39 Å². The second-order valence-corrected chi connectivity index (χ2v) is 6.65. The number of nitrogens with zero attached hydrogens (tertiary/aromatic N) is 2. The molecule has 1 heterocycles. The first kappa shape index (κ1) is 17.9. The molecule has 0 unspecified atom stereocenters. The zero-order valence-corrected chi connectivity index (χ0v) is 14.7. The molecule has 0 aliphatic carbocycles. The average molecular weight is 362 g/mol. The van der Waals surface area contributed by atoms with Crippen molar-refractivity contribution in [3.8, 4) is 0 Å². The molecule has 2 aromatic carbocycles. The van der Waals surface area contributed by atoms with E-state index in [1.807, 2.05) is 18.2 Å². The van der Waals surface area contributed by atoms with Crippen molar-refractivity contribution in [1.82, 2.24) is 9.80 Å². The van der Waals surface area contributed by atoms with Gasteiger partial charge in [0.15, 0.2) is 0 Å². The number of carbonyl (C=O) groups excluding carboxylic acids is 1. The van der Waals surface area contributed by atoms with E-state index >= 15 is 0 Å². The van der Waals surface area contributed by atoms with Crippen LogP contribution in [0.5, 0.6) is 0 Å². The topological polar surface area (TPSA) is 35.6 Å². The number of hydrogen-bond acceptors (Lipinski definition) is 3. The van der Waals surface area contributed by atoms with Crippen molar-refractivity contribution in [2.75, 3.05) is 38.0 Å². The second-order valence-electron chi connectivity index (χ2n) is 6.21. The minimum Gasteiger partial charge on any atom is -0.322 e. The maximum absolute atomic E-state index is 13.6. The molecule has 0 radical (unpaired) electrons. The number of amides is 1. The van der Waals surface area contributed by atoms with E-state index < -0.39 is 5.82 Å². The molecule has 0 bridgehead atoms.